The van der Waals surface area contributed by atoms with Crippen LogP contribution in [0.4, 0.5) is 0 Å². The minimum atomic E-state index is -0.991. The molecule has 0 aromatic carbocycles. The Morgan fingerprint density at radius 2 is 2.17 bits per heavy atom. The molecule has 2 heterocycles. The highest BCUT2D eigenvalue weighted by Gasteiger charge is 2.17. The minimum Gasteiger partial charge on any atom is -0.475 e. The topological polar surface area (TPSA) is 56.9 Å². The molecule has 0 amide bonds. The second-order valence-electron chi connectivity index (χ2n) is 4.96. The van der Waals surface area contributed by atoms with E-state index < -0.39 is 5.97 Å². The van der Waals surface area contributed by atoms with Crippen LogP contribution in [0.3, 0.4) is 0 Å². The summed E-state index contributed by atoms with van der Waals surface area (Å²) < 4.78 is 5.39. The lowest BCUT2D eigenvalue weighted by molar-refractivity contribution is 0.0657. The number of rotatable bonds is 3. The van der Waals surface area contributed by atoms with Crippen molar-refractivity contribution in [3.8, 4) is 0 Å². The Morgan fingerprint density at radius 3 is 2.83 bits per heavy atom. The molecule has 5 heteroatoms. The minimum absolute atomic E-state index is 0.0666. The predicted octanol–water partition coefficient (Wildman–Crippen LogP) is 1.42. The summed E-state index contributed by atoms with van der Waals surface area (Å²) in [5, 5.41) is 8.95. The number of likely N-dealkylation sites (N-methyl/N-ethyl adjacent to an activating group) is 1. The molecule has 1 N–H and O–H groups in total. The maximum atomic E-state index is 10.9. The van der Waals surface area contributed by atoms with Gasteiger partial charge >= 0.3 is 5.97 Å². The van der Waals surface area contributed by atoms with Gasteiger partial charge in [-0.25, -0.2) is 4.79 Å². The van der Waals surface area contributed by atoms with E-state index in [1.165, 1.54) is 0 Å². The van der Waals surface area contributed by atoms with Gasteiger partial charge in [-0.1, -0.05) is 0 Å². The molecule has 0 unspecified atom stereocenters. The fraction of sp³-hybridized carbons (Fsp3) is 0.615. The average Bonchev–Trinajstić information content (AvgIpc) is 2.54. The molecule has 2 rings (SSSR count). The molecule has 1 aliphatic heterocycles. The first kappa shape index (κ1) is 13.1. The van der Waals surface area contributed by atoms with Gasteiger partial charge in [-0.3, -0.25) is 4.90 Å². The molecule has 0 radical (unpaired) electrons. The lowest BCUT2D eigenvalue weighted by atomic mass is 10.2. The standard InChI is InChI=1S/C13H20N2O3/c1-10-8-11(18-12(10)13(16)17)9-15-5-3-4-14(2)6-7-15/h8H,3-7,9H2,1-2H3,(H,16,17). The van der Waals surface area contributed by atoms with E-state index in [1.807, 2.05) is 6.07 Å². The highest BCUT2D eigenvalue weighted by atomic mass is 16.4. The molecule has 0 aliphatic carbocycles. The van der Waals surface area contributed by atoms with E-state index in [2.05, 4.69) is 16.8 Å². The number of hydrogen-bond donors (Lipinski definition) is 1. The van der Waals surface area contributed by atoms with Crippen LogP contribution in [-0.4, -0.2) is 54.1 Å². The third-order valence-corrected chi connectivity index (χ3v) is 3.35. The summed E-state index contributed by atoms with van der Waals surface area (Å²) in [7, 11) is 2.13. The zero-order valence-corrected chi connectivity index (χ0v) is 11.0. The van der Waals surface area contributed by atoms with Crippen LogP contribution in [0.1, 0.15) is 28.3 Å². The third kappa shape index (κ3) is 3.11. The molecule has 1 fully saturated rings. The Bertz CT molecular complexity index is 428. The zero-order chi connectivity index (χ0) is 13.1. The van der Waals surface area contributed by atoms with Gasteiger partial charge in [0.1, 0.15) is 5.76 Å². The van der Waals surface area contributed by atoms with Gasteiger partial charge in [0.05, 0.1) is 6.54 Å². The van der Waals surface area contributed by atoms with Crippen molar-refractivity contribution in [2.75, 3.05) is 33.2 Å². The van der Waals surface area contributed by atoms with Crippen LogP contribution in [0.2, 0.25) is 0 Å². The van der Waals surface area contributed by atoms with E-state index in [4.69, 9.17) is 9.52 Å². The molecule has 0 atom stereocenters. The van der Waals surface area contributed by atoms with Crippen LogP contribution in [0.15, 0.2) is 10.5 Å². The predicted molar refractivity (Wildman–Crippen MR) is 67.8 cm³/mol. The van der Waals surface area contributed by atoms with E-state index in [1.54, 1.807) is 6.92 Å². The second-order valence-corrected chi connectivity index (χ2v) is 4.96. The van der Waals surface area contributed by atoms with E-state index in [0.29, 0.717) is 12.1 Å². The maximum absolute atomic E-state index is 10.9. The second kappa shape index (κ2) is 5.54. The highest BCUT2D eigenvalue weighted by Crippen LogP contribution is 2.17. The Hall–Kier alpha value is -1.33. The molecule has 1 aromatic rings. The van der Waals surface area contributed by atoms with Crippen LogP contribution >= 0.6 is 0 Å². The van der Waals surface area contributed by atoms with E-state index in [-0.39, 0.29) is 5.76 Å². The summed E-state index contributed by atoms with van der Waals surface area (Å²) in [5.41, 5.74) is 0.699. The Balaban J connectivity index is 2.00. The van der Waals surface area contributed by atoms with Gasteiger partial charge in [0.2, 0.25) is 5.76 Å². The average molecular weight is 252 g/mol. The molecule has 0 saturated carbocycles. The maximum Gasteiger partial charge on any atom is 0.372 e. The smallest absolute Gasteiger partial charge is 0.372 e. The normalized spacial score (nSPS) is 18.8. The third-order valence-electron chi connectivity index (χ3n) is 3.35. The number of aryl methyl sites for hydroxylation is 1. The lowest BCUT2D eigenvalue weighted by Gasteiger charge is -2.18. The Labute approximate surface area is 107 Å². The first-order chi connectivity index (χ1) is 8.56. The number of nitrogens with zero attached hydrogens (tertiary/aromatic N) is 2. The molecule has 1 aromatic heterocycles. The number of carboxylic acid groups (broad SMARTS) is 1. The van der Waals surface area contributed by atoms with E-state index in [0.717, 1.165) is 38.4 Å². The lowest BCUT2D eigenvalue weighted by Crippen LogP contribution is -2.28. The molecule has 0 bridgehead atoms. The van der Waals surface area contributed by atoms with E-state index in [9.17, 15) is 4.79 Å². The fourth-order valence-corrected chi connectivity index (χ4v) is 2.32. The quantitative estimate of drug-likeness (QED) is 0.881. The van der Waals surface area contributed by atoms with Crippen LogP contribution < -0.4 is 0 Å². The first-order valence-corrected chi connectivity index (χ1v) is 6.30. The van der Waals surface area contributed by atoms with Crippen molar-refractivity contribution in [1.82, 2.24) is 9.80 Å². The summed E-state index contributed by atoms with van der Waals surface area (Å²) >= 11 is 0. The number of furan rings is 1. The summed E-state index contributed by atoms with van der Waals surface area (Å²) in [5.74, 6) is -0.180. The SMILES string of the molecule is Cc1cc(CN2CCCN(C)CC2)oc1C(=O)O. The van der Waals surface area contributed by atoms with E-state index >= 15 is 0 Å². The van der Waals surface area contributed by atoms with Gasteiger partial charge in [-0.15, -0.1) is 0 Å². The summed E-state index contributed by atoms with van der Waals surface area (Å²) in [6.07, 6.45) is 1.14. The number of hydrogen-bond acceptors (Lipinski definition) is 4. The molecule has 1 saturated heterocycles. The van der Waals surface area contributed by atoms with Crippen molar-refractivity contribution in [3.63, 3.8) is 0 Å². The van der Waals surface area contributed by atoms with Crippen molar-refractivity contribution in [1.29, 1.82) is 0 Å². The van der Waals surface area contributed by atoms with Crippen LogP contribution in [0, 0.1) is 6.92 Å². The summed E-state index contributed by atoms with van der Waals surface area (Å²) in [6, 6.07) is 1.83. The molecular weight excluding hydrogens is 232 g/mol. The first-order valence-electron chi connectivity index (χ1n) is 6.30. The molecule has 5 nitrogen and oxygen atoms in total. The fourth-order valence-electron chi connectivity index (χ4n) is 2.32. The van der Waals surface area contributed by atoms with Gasteiger partial charge in [0.25, 0.3) is 0 Å². The highest BCUT2D eigenvalue weighted by molar-refractivity contribution is 5.86. The molecule has 100 valence electrons. The van der Waals surface area contributed by atoms with Crippen molar-refractivity contribution in [2.45, 2.75) is 19.9 Å². The Kier molecular flexibility index (Phi) is 4.04. The number of aromatic carboxylic acids is 1. The largest absolute Gasteiger partial charge is 0.475 e. The Morgan fingerprint density at radius 1 is 1.39 bits per heavy atom. The van der Waals surface area contributed by atoms with Gasteiger partial charge in [-0.2, -0.15) is 0 Å². The van der Waals surface area contributed by atoms with Crippen LogP contribution in [0.5, 0.6) is 0 Å². The molecule has 18 heavy (non-hydrogen) atoms. The molecule has 0 spiro atoms. The number of carbonyl (C=O) groups is 1. The zero-order valence-electron chi connectivity index (χ0n) is 11.0. The van der Waals surface area contributed by atoms with Crippen molar-refractivity contribution in [3.05, 3.63) is 23.2 Å². The van der Waals surface area contributed by atoms with Crippen molar-refractivity contribution >= 4 is 5.97 Å². The number of carboxylic acids is 1. The van der Waals surface area contributed by atoms with Crippen molar-refractivity contribution < 1.29 is 14.3 Å². The molecule has 1 aliphatic rings. The summed E-state index contributed by atoms with van der Waals surface area (Å²) in [4.78, 5) is 15.5. The van der Waals surface area contributed by atoms with Gasteiger partial charge in [0, 0.05) is 18.7 Å². The van der Waals surface area contributed by atoms with Gasteiger partial charge in [-0.05, 0) is 39.5 Å². The summed E-state index contributed by atoms with van der Waals surface area (Å²) in [6.45, 7) is 6.67. The monoisotopic (exact) mass is 252 g/mol. The van der Waals surface area contributed by atoms with Crippen molar-refractivity contribution in [2.24, 2.45) is 0 Å². The molecular formula is C13H20N2O3. The van der Waals surface area contributed by atoms with Gasteiger partial charge < -0.3 is 14.4 Å². The van der Waals surface area contributed by atoms with Crippen LogP contribution in [0.25, 0.3) is 0 Å². The van der Waals surface area contributed by atoms with Gasteiger partial charge in [0.15, 0.2) is 0 Å². The van der Waals surface area contributed by atoms with Crippen LogP contribution in [-0.2, 0) is 6.54 Å².